The van der Waals surface area contributed by atoms with Gasteiger partial charge in [-0.05, 0) is 42.0 Å². The van der Waals surface area contributed by atoms with Crippen molar-refractivity contribution in [3.63, 3.8) is 0 Å². The van der Waals surface area contributed by atoms with Gasteiger partial charge in [0.05, 0.1) is 12.4 Å². The maximum Gasteiger partial charge on any atom is 0.350 e. The van der Waals surface area contributed by atoms with E-state index in [1.54, 1.807) is 53.2 Å². The standard InChI is InChI=1S/C24H21N5O3S/c30-22(20-15-33-16-28(20)23(31)18-8-2-1-3-9-18)25-19-10-6-7-17(13-19)14-29-24(32)27-12-5-4-11-21(27)26-29/h1-13,20H,14-16H2,(H,25,30)/t20-/m0/s1. The molecule has 1 aliphatic rings. The van der Waals surface area contributed by atoms with E-state index in [1.165, 1.54) is 9.08 Å². The third kappa shape index (κ3) is 4.27. The molecule has 1 N–H and O–H groups in total. The molecule has 0 spiro atoms. The molecular weight excluding hydrogens is 438 g/mol. The van der Waals surface area contributed by atoms with Gasteiger partial charge < -0.3 is 10.2 Å². The summed E-state index contributed by atoms with van der Waals surface area (Å²) in [6.45, 7) is 0.280. The maximum absolute atomic E-state index is 13.0. The van der Waals surface area contributed by atoms with Crippen LogP contribution in [0.2, 0.25) is 0 Å². The van der Waals surface area contributed by atoms with Gasteiger partial charge in [0.1, 0.15) is 6.04 Å². The first-order chi connectivity index (χ1) is 16.1. The summed E-state index contributed by atoms with van der Waals surface area (Å²) in [7, 11) is 0. The van der Waals surface area contributed by atoms with Crippen LogP contribution >= 0.6 is 11.8 Å². The molecule has 166 valence electrons. The average molecular weight is 460 g/mol. The number of thioether (sulfide) groups is 1. The molecule has 0 unspecified atom stereocenters. The van der Waals surface area contributed by atoms with Crippen molar-refractivity contribution in [3.8, 4) is 0 Å². The highest BCUT2D eigenvalue weighted by Crippen LogP contribution is 2.24. The van der Waals surface area contributed by atoms with Gasteiger partial charge >= 0.3 is 5.69 Å². The van der Waals surface area contributed by atoms with Crippen LogP contribution in [0, 0.1) is 0 Å². The minimum absolute atomic E-state index is 0.152. The number of rotatable bonds is 5. The number of hydrogen-bond acceptors (Lipinski definition) is 5. The number of fused-ring (bicyclic) bond motifs is 1. The molecule has 0 aliphatic carbocycles. The van der Waals surface area contributed by atoms with Gasteiger partial charge in [0.2, 0.25) is 5.91 Å². The molecule has 0 bridgehead atoms. The molecule has 2 amide bonds. The normalized spacial score (nSPS) is 15.6. The Bertz CT molecular complexity index is 1380. The van der Waals surface area contributed by atoms with Gasteiger partial charge in [0, 0.05) is 23.2 Å². The van der Waals surface area contributed by atoms with Crippen LogP contribution in [0.5, 0.6) is 0 Å². The summed E-state index contributed by atoms with van der Waals surface area (Å²) in [6, 6.07) is 21.1. The number of hydrogen-bond donors (Lipinski definition) is 1. The number of nitrogens with zero attached hydrogens (tertiary/aromatic N) is 4. The van der Waals surface area contributed by atoms with Crippen molar-refractivity contribution < 1.29 is 9.59 Å². The Morgan fingerprint density at radius 1 is 1.03 bits per heavy atom. The summed E-state index contributed by atoms with van der Waals surface area (Å²) in [5, 5.41) is 7.28. The number of amides is 2. The molecule has 0 saturated carbocycles. The largest absolute Gasteiger partial charge is 0.350 e. The van der Waals surface area contributed by atoms with E-state index in [0.717, 1.165) is 5.56 Å². The van der Waals surface area contributed by atoms with E-state index in [1.807, 2.05) is 42.5 Å². The quantitative estimate of drug-likeness (QED) is 0.496. The smallest absolute Gasteiger partial charge is 0.324 e. The summed E-state index contributed by atoms with van der Waals surface area (Å²) in [6.07, 6.45) is 1.68. The molecule has 33 heavy (non-hydrogen) atoms. The molecule has 5 rings (SSSR count). The molecule has 9 heteroatoms. The van der Waals surface area contributed by atoms with Crippen molar-refractivity contribution in [2.75, 3.05) is 16.9 Å². The lowest BCUT2D eigenvalue weighted by Gasteiger charge is -2.23. The molecule has 2 aromatic heterocycles. The zero-order chi connectivity index (χ0) is 22.8. The first kappa shape index (κ1) is 21.0. The maximum atomic E-state index is 13.0. The first-order valence-corrected chi connectivity index (χ1v) is 11.6. The number of nitrogens with one attached hydrogen (secondary N) is 1. The number of carbonyl (C=O) groups excluding carboxylic acids is 2. The average Bonchev–Trinajstić information content (AvgIpc) is 3.45. The van der Waals surface area contributed by atoms with Crippen LogP contribution in [-0.4, -0.2) is 48.6 Å². The van der Waals surface area contributed by atoms with E-state index < -0.39 is 6.04 Å². The number of benzene rings is 2. The second kappa shape index (κ2) is 8.95. The molecule has 2 aromatic carbocycles. The van der Waals surface area contributed by atoms with Crippen LogP contribution < -0.4 is 11.0 Å². The Labute approximate surface area is 193 Å². The molecule has 1 saturated heterocycles. The molecule has 1 fully saturated rings. The van der Waals surface area contributed by atoms with E-state index >= 15 is 0 Å². The van der Waals surface area contributed by atoms with Crippen molar-refractivity contribution in [1.29, 1.82) is 0 Å². The molecule has 4 aromatic rings. The van der Waals surface area contributed by atoms with Gasteiger partial charge in [-0.2, -0.15) is 0 Å². The fraction of sp³-hybridized carbons (Fsp3) is 0.167. The second-order valence-electron chi connectivity index (χ2n) is 7.72. The zero-order valence-corrected chi connectivity index (χ0v) is 18.4. The lowest BCUT2D eigenvalue weighted by atomic mass is 10.1. The van der Waals surface area contributed by atoms with E-state index in [0.29, 0.717) is 28.5 Å². The molecular formula is C24H21N5O3S. The topological polar surface area (TPSA) is 88.7 Å². The molecule has 8 nitrogen and oxygen atoms in total. The molecule has 0 radical (unpaired) electrons. The Morgan fingerprint density at radius 3 is 2.67 bits per heavy atom. The fourth-order valence-electron chi connectivity index (χ4n) is 3.82. The number of carbonyl (C=O) groups is 2. The molecule has 1 atom stereocenters. The van der Waals surface area contributed by atoms with E-state index in [-0.39, 0.29) is 24.0 Å². The van der Waals surface area contributed by atoms with Crippen LogP contribution in [0.4, 0.5) is 5.69 Å². The van der Waals surface area contributed by atoms with Crippen molar-refractivity contribution in [2.45, 2.75) is 12.6 Å². The SMILES string of the molecule is O=C(Nc1cccc(Cn2nc3ccccn3c2=O)c1)[C@@H]1CSCN1C(=O)c1ccccc1. The number of anilines is 1. The van der Waals surface area contributed by atoms with E-state index in [2.05, 4.69) is 10.4 Å². The van der Waals surface area contributed by atoms with Crippen molar-refractivity contribution in [1.82, 2.24) is 19.1 Å². The predicted molar refractivity (Wildman–Crippen MR) is 127 cm³/mol. The summed E-state index contributed by atoms with van der Waals surface area (Å²) in [4.78, 5) is 40.0. The van der Waals surface area contributed by atoms with Crippen molar-refractivity contribution in [2.24, 2.45) is 0 Å². The van der Waals surface area contributed by atoms with Gasteiger partial charge in [-0.15, -0.1) is 16.9 Å². The van der Waals surface area contributed by atoms with E-state index in [9.17, 15) is 14.4 Å². The van der Waals surface area contributed by atoms with Crippen molar-refractivity contribution in [3.05, 3.63) is 101 Å². The third-order valence-corrected chi connectivity index (χ3v) is 6.49. The minimum atomic E-state index is -0.549. The van der Waals surface area contributed by atoms with Crippen LogP contribution in [0.1, 0.15) is 15.9 Å². The van der Waals surface area contributed by atoms with Crippen LogP contribution in [0.3, 0.4) is 0 Å². The lowest BCUT2D eigenvalue weighted by Crippen LogP contribution is -2.44. The van der Waals surface area contributed by atoms with Gasteiger partial charge in [-0.1, -0.05) is 36.4 Å². The number of aromatic nitrogens is 3. The van der Waals surface area contributed by atoms with Crippen molar-refractivity contribution >= 4 is 34.9 Å². The summed E-state index contributed by atoms with van der Waals surface area (Å²) in [5.74, 6) is 0.635. The first-order valence-electron chi connectivity index (χ1n) is 10.5. The third-order valence-electron chi connectivity index (χ3n) is 5.48. The van der Waals surface area contributed by atoms with Gasteiger partial charge in [0.25, 0.3) is 5.91 Å². The van der Waals surface area contributed by atoms with Crippen LogP contribution in [0.15, 0.2) is 83.8 Å². The lowest BCUT2D eigenvalue weighted by molar-refractivity contribution is -0.119. The van der Waals surface area contributed by atoms with Crippen LogP contribution in [-0.2, 0) is 11.3 Å². The fourth-order valence-corrected chi connectivity index (χ4v) is 4.98. The Morgan fingerprint density at radius 2 is 1.85 bits per heavy atom. The van der Waals surface area contributed by atoms with E-state index in [4.69, 9.17) is 0 Å². The zero-order valence-electron chi connectivity index (χ0n) is 17.6. The highest BCUT2D eigenvalue weighted by Gasteiger charge is 2.35. The Hall–Kier alpha value is -3.85. The Balaban J connectivity index is 1.31. The van der Waals surface area contributed by atoms with Crippen LogP contribution in [0.25, 0.3) is 5.65 Å². The predicted octanol–water partition coefficient (Wildman–Crippen LogP) is 2.70. The number of pyridine rings is 1. The highest BCUT2D eigenvalue weighted by atomic mass is 32.2. The molecule has 3 heterocycles. The summed E-state index contributed by atoms with van der Waals surface area (Å²) in [5.41, 5.74) is 2.36. The Kier molecular flexibility index (Phi) is 5.70. The van der Waals surface area contributed by atoms with Gasteiger partial charge in [-0.3, -0.25) is 14.0 Å². The summed E-state index contributed by atoms with van der Waals surface area (Å²) >= 11 is 1.56. The molecule has 1 aliphatic heterocycles. The highest BCUT2D eigenvalue weighted by molar-refractivity contribution is 7.99. The monoisotopic (exact) mass is 459 g/mol. The minimum Gasteiger partial charge on any atom is -0.324 e. The van der Waals surface area contributed by atoms with Gasteiger partial charge in [-0.25, -0.2) is 9.48 Å². The second-order valence-corrected chi connectivity index (χ2v) is 8.72. The van der Waals surface area contributed by atoms with Gasteiger partial charge in [0.15, 0.2) is 5.65 Å². The summed E-state index contributed by atoms with van der Waals surface area (Å²) < 4.78 is 2.88.